The van der Waals surface area contributed by atoms with Gasteiger partial charge in [-0.05, 0) is 51.1 Å². The van der Waals surface area contributed by atoms with Gasteiger partial charge < -0.3 is 15.3 Å². The number of hydrogen-bond acceptors (Lipinski definition) is 6. The lowest BCUT2D eigenvalue weighted by Crippen LogP contribution is -2.23. The molecule has 1 aliphatic rings. The van der Waals surface area contributed by atoms with Gasteiger partial charge in [0, 0.05) is 12.6 Å². The fraction of sp³-hybridized carbons (Fsp3) is 0.412. The average Bonchev–Trinajstić information content (AvgIpc) is 3.13. The van der Waals surface area contributed by atoms with Gasteiger partial charge in [0.15, 0.2) is 10.8 Å². The van der Waals surface area contributed by atoms with Crippen LogP contribution in [0.4, 0.5) is 5.13 Å². The molecule has 1 aromatic carbocycles. The highest BCUT2D eigenvalue weighted by Crippen LogP contribution is 2.31. The van der Waals surface area contributed by atoms with Crippen LogP contribution in [0.1, 0.15) is 17.5 Å². The topological polar surface area (TPSA) is 66.2 Å². The number of likely N-dealkylation sites (tertiary alicyclic amines) is 1. The summed E-state index contributed by atoms with van der Waals surface area (Å²) in [5.41, 5.74) is 3.47. The maximum atomic E-state index is 10.3. The monoisotopic (exact) mass is 343 g/mol. The van der Waals surface area contributed by atoms with Gasteiger partial charge in [-0.1, -0.05) is 17.4 Å². The Morgan fingerprint density at radius 2 is 2.17 bits per heavy atom. The summed E-state index contributed by atoms with van der Waals surface area (Å²) in [4.78, 5) is 6.92. The standard InChI is InChI=1S/C17H21N5OS/c1-10-6-11(2)15(13(23)7-10)22-9-14-16(20-22)19-17(24-14)18-12-4-5-21(3)8-12/h6-7,9,12,23H,4-5,8H2,1-3H3,(H,18,19,20). The average molecular weight is 343 g/mol. The first-order chi connectivity index (χ1) is 11.5. The maximum Gasteiger partial charge on any atom is 0.194 e. The van der Waals surface area contributed by atoms with Crippen LogP contribution >= 0.6 is 11.3 Å². The molecule has 1 unspecified atom stereocenters. The van der Waals surface area contributed by atoms with Crippen LogP contribution in [0.3, 0.4) is 0 Å². The van der Waals surface area contributed by atoms with Crippen molar-refractivity contribution < 1.29 is 5.11 Å². The lowest BCUT2D eigenvalue weighted by atomic mass is 10.1. The molecule has 1 saturated heterocycles. The summed E-state index contributed by atoms with van der Waals surface area (Å²) in [5, 5.41) is 19.2. The minimum absolute atomic E-state index is 0.245. The minimum Gasteiger partial charge on any atom is -0.506 e. The molecule has 1 atom stereocenters. The molecule has 1 aliphatic heterocycles. The first-order valence-electron chi connectivity index (χ1n) is 8.11. The van der Waals surface area contributed by atoms with E-state index in [2.05, 4.69) is 27.3 Å². The molecule has 24 heavy (non-hydrogen) atoms. The zero-order valence-electron chi connectivity index (χ0n) is 14.1. The largest absolute Gasteiger partial charge is 0.506 e. The van der Waals surface area contributed by atoms with Gasteiger partial charge in [-0.3, -0.25) is 0 Å². The van der Waals surface area contributed by atoms with E-state index in [4.69, 9.17) is 0 Å². The van der Waals surface area contributed by atoms with Crippen molar-refractivity contribution in [1.82, 2.24) is 19.7 Å². The summed E-state index contributed by atoms with van der Waals surface area (Å²) in [6.07, 6.45) is 3.08. The van der Waals surface area contributed by atoms with Crippen LogP contribution in [0.15, 0.2) is 18.3 Å². The Labute approximate surface area is 144 Å². The van der Waals surface area contributed by atoms with E-state index in [0.29, 0.717) is 11.7 Å². The van der Waals surface area contributed by atoms with Crippen LogP contribution < -0.4 is 5.32 Å². The summed E-state index contributed by atoms with van der Waals surface area (Å²) in [5.74, 6) is 0.245. The van der Waals surface area contributed by atoms with Crippen LogP contribution in [0.5, 0.6) is 5.75 Å². The number of likely N-dealkylation sites (N-methyl/N-ethyl adjacent to an activating group) is 1. The summed E-state index contributed by atoms with van der Waals surface area (Å²) < 4.78 is 2.74. The number of fused-ring (bicyclic) bond motifs is 1. The molecular formula is C17H21N5OS. The summed E-state index contributed by atoms with van der Waals surface area (Å²) in [7, 11) is 2.14. The van der Waals surface area contributed by atoms with Crippen molar-refractivity contribution in [3.05, 3.63) is 29.5 Å². The van der Waals surface area contributed by atoms with Crippen LogP contribution in [0, 0.1) is 13.8 Å². The second kappa shape index (κ2) is 5.75. The van der Waals surface area contributed by atoms with E-state index in [0.717, 1.165) is 46.2 Å². The lowest BCUT2D eigenvalue weighted by molar-refractivity contribution is 0.414. The van der Waals surface area contributed by atoms with Gasteiger partial charge in [-0.2, -0.15) is 4.98 Å². The SMILES string of the molecule is Cc1cc(C)c(-n2cc3sc(NC4CCN(C)C4)nc3n2)c(O)c1. The van der Waals surface area contributed by atoms with Gasteiger partial charge in [-0.15, -0.1) is 5.10 Å². The van der Waals surface area contributed by atoms with Gasteiger partial charge >= 0.3 is 0 Å². The molecule has 0 bridgehead atoms. The highest BCUT2D eigenvalue weighted by molar-refractivity contribution is 7.22. The number of benzene rings is 1. The number of hydrogen-bond donors (Lipinski definition) is 2. The van der Waals surface area contributed by atoms with Gasteiger partial charge in [0.2, 0.25) is 0 Å². The molecule has 0 radical (unpaired) electrons. The van der Waals surface area contributed by atoms with Gasteiger partial charge in [0.25, 0.3) is 0 Å². The Morgan fingerprint density at radius 3 is 2.83 bits per heavy atom. The molecule has 2 aromatic heterocycles. The minimum atomic E-state index is 0.245. The Bertz CT molecular complexity index is 845. The van der Waals surface area contributed by atoms with Crippen molar-refractivity contribution in [3.63, 3.8) is 0 Å². The Hall–Kier alpha value is -2.12. The second-order valence-corrected chi connectivity index (χ2v) is 7.65. The first-order valence-corrected chi connectivity index (χ1v) is 8.93. The first kappa shape index (κ1) is 15.4. The van der Waals surface area contributed by atoms with Gasteiger partial charge in [0.05, 0.1) is 10.9 Å². The van der Waals surface area contributed by atoms with Gasteiger partial charge in [0.1, 0.15) is 11.4 Å². The predicted molar refractivity (Wildman–Crippen MR) is 97.4 cm³/mol. The molecule has 4 rings (SSSR count). The van der Waals surface area contributed by atoms with E-state index in [9.17, 15) is 5.11 Å². The number of anilines is 1. The number of rotatable bonds is 3. The summed E-state index contributed by atoms with van der Waals surface area (Å²) in [6.45, 7) is 6.12. The zero-order chi connectivity index (χ0) is 16.8. The van der Waals surface area contributed by atoms with E-state index < -0.39 is 0 Å². The molecule has 7 heteroatoms. The lowest BCUT2D eigenvalue weighted by Gasteiger charge is -2.11. The van der Waals surface area contributed by atoms with Crippen molar-refractivity contribution >= 4 is 26.8 Å². The molecule has 3 heterocycles. The number of phenolic OH excluding ortho intramolecular Hbond substituents is 1. The van der Waals surface area contributed by atoms with E-state index in [1.807, 2.05) is 26.1 Å². The van der Waals surface area contributed by atoms with Crippen LogP contribution in [-0.2, 0) is 0 Å². The smallest absolute Gasteiger partial charge is 0.194 e. The maximum absolute atomic E-state index is 10.3. The Morgan fingerprint density at radius 1 is 1.33 bits per heavy atom. The number of aryl methyl sites for hydroxylation is 2. The molecule has 0 spiro atoms. The number of aromatic hydroxyl groups is 1. The Kier molecular flexibility index (Phi) is 3.69. The van der Waals surface area contributed by atoms with E-state index in [1.54, 1.807) is 22.1 Å². The summed E-state index contributed by atoms with van der Waals surface area (Å²) in [6, 6.07) is 4.26. The summed E-state index contributed by atoms with van der Waals surface area (Å²) >= 11 is 1.61. The third kappa shape index (κ3) is 2.74. The molecule has 3 aromatic rings. The van der Waals surface area contributed by atoms with Crippen LogP contribution in [0.2, 0.25) is 0 Å². The fourth-order valence-electron chi connectivity index (χ4n) is 3.36. The third-order valence-electron chi connectivity index (χ3n) is 4.45. The van der Waals surface area contributed by atoms with E-state index in [-0.39, 0.29) is 5.75 Å². The third-order valence-corrected chi connectivity index (χ3v) is 5.36. The number of thiazole rings is 1. The predicted octanol–water partition coefficient (Wildman–Crippen LogP) is 2.92. The van der Waals surface area contributed by atoms with Crippen molar-refractivity contribution in [3.8, 4) is 11.4 Å². The van der Waals surface area contributed by atoms with Crippen molar-refractivity contribution in [2.45, 2.75) is 26.3 Å². The molecule has 0 amide bonds. The van der Waals surface area contributed by atoms with Crippen molar-refractivity contribution in [1.29, 1.82) is 0 Å². The van der Waals surface area contributed by atoms with Crippen molar-refractivity contribution in [2.24, 2.45) is 0 Å². The quantitative estimate of drug-likeness (QED) is 0.765. The highest BCUT2D eigenvalue weighted by atomic mass is 32.1. The number of nitrogens with one attached hydrogen (secondary N) is 1. The molecule has 0 saturated carbocycles. The zero-order valence-corrected chi connectivity index (χ0v) is 14.9. The number of nitrogens with zero attached hydrogens (tertiary/aromatic N) is 4. The molecule has 1 fully saturated rings. The molecule has 126 valence electrons. The van der Waals surface area contributed by atoms with Crippen molar-refractivity contribution in [2.75, 3.05) is 25.5 Å². The number of phenols is 1. The molecule has 6 nitrogen and oxygen atoms in total. The highest BCUT2D eigenvalue weighted by Gasteiger charge is 2.21. The normalized spacial score (nSPS) is 18.5. The van der Waals surface area contributed by atoms with Gasteiger partial charge in [-0.25, -0.2) is 4.68 Å². The fourth-order valence-corrected chi connectivity index (χ4v) is 4.26. The Balaban J connectivity index is 1.62. The molecule has 0 aliphatic carbocycles. The van der Waals surface area contributed by atoms with Crippen LogP contribution in [0.25, 0.3) is 16.0 Å². The molecular weight excluding hydrogens is 322 g/mol. The number of aromatic nitrogens is 3. The molecule has 2 N–H and O–H groups in total. The van der Waals surface area contributed by atoms with E-state index in [1.165, 1.54) is 0 Å². The van der Waals surface area contributed by atoms with E-state index >= 15 is 0 Å². The second-order valence-electron chi connectivity index (χ2n) is 6.62. The van der Waals surface area contributed by atoms with Crippen LogP contribution in [-0.4, -0.2) is 50.9 Å².